The predicted octanol–water partition coefficient (Wildman–Crippen LogP) is -3.42. The number of carboxylic acid groups (broad SMARTS) is 1. The first kappa shape index (κ1) is 34.8. The third kappa shape index (κ3) is 13.9. The molecule has 3 atom stereocenters. The Morgan fingerprint density at radius 2 is 1.08 bits per heavy atom. The van der Waals surface area contributed by atoms with Crippen LogP contribution in [-0.2, 0) is 19.2 Å². The molecule has 0 spiro atoms. The van der Waals surface area contributed by atoms with Crippen LogP contribution in [-0.4, -0.2) is 91.4 Å². The number of carboxylic acids is 1. The van der Waals surface area contributed by atoms with Crippen molar-refractivity contribution in [2.45, 2.75) is 78.9 Å². The second-order valence-electron chi connectivity index (χ2n) is 11.0. The van der Waals surface area contributed by atoms with Crippen LogP contribution >= 0.6 is 0 Å². The van der Waals surface area contributed by atoms with Crippen molar-refractivity contribution in [1.82, 2.24) is 25.8 Å². The van der Waals surface area contributed by atoms with Gasteiger partial charge in [0, 0.05) is 26.2 Å². The third-order valence-corrected chi connectivity index (χ3v) is 5.97. The van der Waals surface area contributed by atoms with E-state index in [1.54, 1.807) is 0 Å². The second kappa shape index (κ2) is 17.3. The molecule has 36 heavy (non-hydrogen) atoms. The van der Waals surface area contributed by atoms with Crippen LogP contribution in [0.1, 0.15) is 60.8 Å². The van der Waals surface area contributed by atoms with E-state index in [1.165, 1.54) is 0 Å². The number of likely N-dealkylation sites (N-methyl/N-ethyl adjacent to an activating group) is 1. The van der Waals surface area contributed by atoms with Crippen molar-refractivity contribution in [2.24, 2.45) is 17.8 Å². The molecule has 0 saturated carbocycles. The van der Waals surface area contributed by atoms with Crippen LogP contribution in [0.3, 0.4) is 0 Å². The summed E-state index contributed by atoms with van der Waals surface area (Å²) in [6, 6.07) is -2.84. The van der Waals surface area contributed by atoms with E-state index in [0.29, 0.717) is 12.8 Å². The number of nitrogens with zero attached hydrogens (tertiary/aromatic N) is 2. The monoisotopic (exact) mass is 519 g/mol. The Kier molecular flexibility index (Phi) is 16.8. The number of hydrogen-bond acceptors (Lipinski definition) is 7. The second-order valence-corrected chi connectivity index (χ2v) is 11.0. The van der Waals surface area contributed by atoms with Gasteiger partial charge in [-0.25, -0.2) is 0 Å². The molecule has 3 amide bonds. The van der Waals surface area contributed by atoms with Crippen LogP contribution in [0.15, 0.2) is 0 Å². The summed E-state index contributed by atoms with van der Waals surface area (Å²) in [7, 11) is 2.04. The van der Waals surface area contributed by atoms with Crippen LogP contribution in [0.4, 0.5) is 0 Å². The quantitative estimate of drug-likeness (QED) is 0.204. The first-order valence-electron chi connectivity index (χ1n) is 12.8. The minimum Gasteiger partial charge on any atom is -0.548 e. The summed E-state index contributed by atoms with van der Waals surface area (Å²) < 4.78 is 0. The summed E-state index contributed by atoms with van der Waals surface area (Å²) in [5.74, 6) is -2.32. The summed E-state index contributed by atoms with van der Waals surface area (Å²) in [4.78, 5) is 54.6. The Hall–Kier alpha value is -1.20. The van der Waals surface area contributed by atoms with Gasteiger partial charge < -0.3 is 30.8 Å². The van der Waals surface area contributed by atoms with Crippen molar-refractivity contribution in [1.29, 1.82) is 0 Å². The van der Waals surface area contributed by atoms with Gasteiger partial charge in [0.25, 0.3) is 0 Å². The molecular formula is C25H46N5NaO5. The molecule has 202 valence electrons. The maximum absolute atomic E-state index is 13.2. The maximum atomic E-state index is 13.2. The van der Waals surface area contributed by atoms with Gasteiger partial charge in [-0.2, -0.15) is 0 Å². The van der Waals surface area contributed by atoms with Gasteiger partial charge in [0.05, 0.1) is 18.6 Å². The molecular weight excluding hydrogens is 473 g/mol. The number of piperazine rings is 1. The normalized spacial score (nSPS) is 17.3. The molecule has 0 aromatic rings. The van der Waals surface area contributed by atoms with Gasteiger partial charge >= 0.3 is 29.6 Å². The molecule has 1 saturated heterocycles. The molecule has 1 heterocycles. The molecule has 1 fully saturated rings. The fourth-order valence-electron chi connectivity index (χ4n) is 4.08. The average molecular weight is 520 g/mol. The van der Waals surface area contributed by atoms with Crippen LogP contribution < -0.4 is 50.6 Å². The standard InChI is InChI=1S/C25H47N5O5.Na/c1-16(2)12-19(26-22(31)15-30-10-8-29(7)9-11-30)23(32)27-20(13-17(3)4)24(33)28-21(25(34)35)14-18(5)6;/h16-21H,8-15H2,1-7H3,(H,26,31)(H,27,32)(H,28,33)(H,34,35);/q;+1/p-1/t19-,20-,21-;/m0./s1. The van der Waals surface area contributed by atoms with E-state index in [-0.39, 0.29) is 66.2 Å². The maximum Gasteiger partial charge on any atom is 1.00 e. The van der Waals surface area contributed by atoms with E-state index in [4.69, 9.17) is 0 Å². The molecule has 0 radical (unpaired) electrons. The first-order chi connectivity index (χ1) is 16.3. The molecule has 0 aromatic heterocycles. The summed E-state index contributed by atoms with van der Waals surface area (Å²) in [6.07, 6.45) is 0.989. The summed E-state index contributed by atoms with van der Waals surface area (Å²) >= 11 is 0. The van der Waals surface area contributed by atoms with Crippen molar-refractivity contribution in [2.75, 3.05) is 39.8 Å². The first-order valence-corrected chi connectivity index (χ1v) is 12.8. The topological polar surface area (TPSA) is 134 Å². The zero-order valence-corrected chi connectivity index (χ0v) is 25.6. The van der Waals surface area contributed by atoms with Crippen LogP contribution in [0.5, 0.6) is 0 Å². The molecule has 10 nitrogen and oxygen atoms in total. The molecule has 0 aromatic carbocycles. The minimum absolute atomic E-state index is 0. The van der Waals surface area contributed by atoms with E-state index in [9.17, 15) is 24.3 Å². The van der Waals surface area contributed by atoms with Crippen molar-refractivity contribution in [3.63, 3.8) is 0 Å². The SMILES string of the molecule is CC(C)C[C@H](NC(=O)[C@H](CC(C)C)NC(=O)[C@H](CC(C)C)NC(=O)CN1CCN(C)CC1)C(=O)[O-].[Na+]. The molecule has 0 unspecified atom stereocenters. The van der Waals surface area contributed by atoms with Crippen molar-refractivity contribution < 1.29 is 53.8 Å². The van der Waals surface area contributed by atoms with E-state index >= 15 is 0 Å². The van der Waals surface area contributed by atoms with Gasteiger partial charge in [0.2, 0.25) is 17.7 Å². The molecule has 11 heteroatoms. The zero-order valence-electron chi connectivity index (χ0n) is 23.6. The van der Waals surface area contributed by atoms with Crippen LogP contribution in [0.25, 0.3) is 0 Å². The van der Waals surface area contributed by atoms with Gasteiger partial charge in [-0.1, -0.05) is 41.5 Å². The number of carbonyl (C=O) groups excluding carboxylic acids is 4. The van der Waals surface area contributed by atoms with Gasteiger partial charge in [0.15, 0.2) is 0 Å². The fourth-order valence-corrected chi connectivity index (χ4v) is 4.08. The summed E-state index contributed by atoms with van der Waals surface area (Å²) in [5.41, 5.74) is 0. The van der Waals surface area contributed by atoms with Gasteiger partial charge in [-0.15, -0.1) is 0 Å². The van der Waals surface area contributed by atoms with Crippen molar-refractivity contribution in [3.05, 3.63) is 0 Å². The van der Waals surface area contributed by atoms with Gasteiger partial charge in [-0.05, 0) is 44.1 Å². The Morgan fingerprint density at radius 3 is 1.50 bits per heavy atom. The number of carbonyl (C=O) groups is 4. The van der Waals surface area contributed by atoms with E-state index < -0.39 is 35.9 Å². The molecule has 0 aliphatic carbocycles. The largest absolute Gasteiger partial charge is 1.00 e. The summed E-state index contributed by atoms with van der Waals surface area (Å²) in [5, 5.41) is 19.6. The van der Waals surface area contributed by atoms with E-state index in [1.807, 2.05) is 48.6 Å². The number of aliphatic carboxylic acids is 1. The van der Waals surface area contributed by atoms with Crippen LogP contribution in [0, 0.1) is 17.8 Å². The predicted molar refractivity (Wildman–Crippen MR) is 133 cm³/mol. The number of amides is 3. The Morgan fingerprint density at radius 1 is 0.694 bits per heavy atom. The zero-order chi connectivity index (χ0) is 26.7. The van der Waals surface area contributed by atoms with E-state index in [0.717, 1.165) is 26.2 Å². The number of rotatable bonds is 14. The Bertz CT molecular complexity index is 711. The minimum atomic E-state index is -1.35. The smallest absolute Gasteiger partial charge is 0.548 e. The van der Waals surface area contributed by atoms with Gasteiger partial charge in [0.1, 0.15) is 12.1 Å². The van der Waals surface area contributed by atoms with E-state index in [2.05, 4.69) is 25.8 Å². The summed E-state index contributed by atoms with van der Waals surface area (Å²) in [6.45, 7) is 15.0. The fraction of sp³-hybridized carbons (Fsp3) is 0.840. The number of nitrogens with one attached hydrogen (secondary N) is 3. The Labute approximate surface area is 239 Å². The molecule has 3 N–H and O–H groups in total. The molecule has 1 aliphatic rings. The van der Waals surface area contributed by atoms with Crippen LogP contribution in [0.2, 0.25) is 0 Å². The van der Waals surface area contributed by atoms with Crippen molar-refractivity contribution >= 4 is 23.7 Å². The van der Waals surface area contributed by atoms with Crippen molar-refractivity contribution in [3.8, 4) is 0 Å². The Balaban J connectivity index is 0.0000122. The van der Waals surface area contributed by atoms with Gasteiger partial charge in [-0.3, -0.25) is 19.3 Å². The number of hydrogen-bond donors (Lipinski definition) is 3. The molecule has 1 rings (SSSR count). The third-order valence-electron chi connectivity index (χ3n) is 5.97. The molecule has 1 aliphatic heterocycles. The average Bonchev–Trinajstić information content (AvgIpc) is 2.72. The molecule has 0 bridgehead atoms.